The van der Waals surface area contributed by atoms with Gasteiger partial charge in [0.1, 0.15) is 0 Å². The average molecular weight is 193 g/mol. The van der Waals surface area contributed by atoms with E-state index in [2.05, 4.69) is 6.07 Å². The van der Waals surface area contributed by atoms with Crippen LogP contribution in [-0.4, -0.2) is 11.1 Å². The Balaban J connectivity index is 2.91. The van der Waals surface area contributed by atoms with Crippen LogP contribution in [0.2, 0.25) is 0 Å². The largest absolute Gasteiger partial charge is 0.481 e. The number of rotatable bonds is 2. The number of carbonyl (C=O) groups is 1. The Morgan fingerprint density at radius 3 is 2.86 bits per heavy atom. The first-order valence-corrected chi connectivity index (χ1v) is 4.82. The van der Waals surface area contributed by atoms with Crippen LogP contribution in [0.5, 0.6) is 0 Å². The van der Waals surface area contributed by atoms with Gasteiger partial charge in [-0.3, -0.25) is 4.79 Å². The van der Waals surface area contributed by atoms with Crippen LogP contribution in [0.15, 0.2) is 11.6 Å². The molecular weight excluding hydrogens is 178 g/mol. The average Bonchev–Trinajstić information content (AvgIpc) is 2.18. The van der Waals surface area contributed by atoms with Crippen molar-refractivity contribution in [3.63, 3.8) is 0 Å². The zero-order valence-corrected chi connectivity index (χ0v) is 8.58. The van der Waals surface area contributed by atoms with Crippen molar-refractivity contribution >= 4 is 5.97 Å². The maximum absolute atomic E-state index is 10.8. The molecule has 1 aliphatic carbocycles. The first-order valence-electron chi connectivity index (χ1n) is 4.82. The maximum atomic E-state index is 10.8. The van der Waals surface area contributed by atoms with Crippen molar-refractivity contribution in [1.82, 2.24) is 0 Å². The molecule has 0 aromatic heterocycles. The van der Waals surface area contributed by atoms with Crippen LogP contribution in [-0.2, 0) is 4.79 Å². The van der Waals surface area contributed by atoms with Gasteiger partial charge in [0, 0.05) is 0 Å². The van der Waals surface area contributed by atoms with Gasteiger partial charge in [-0.05, 0) is 33.1 Å². The molecule has 1 aliphatic rings. The maximum Gasteiger partial charge on any atom is 0.310 e. The fourth-order valence-electron chi connectivity index (χ4n) is 1.71. The van der Waals surface area contributed by atoms with Gasteiger partial charge in [-0.25, -0.2) is 0 Å². The molecule has 1 N–H and O–H groups in total. The van der Waals surface area contributed by atoms with E-state index in [0.717, 1.165) is 18.4 Å². The molecule has 0 saturated heterocycles. The lowest BCUT2D eigenvalue weighted by Gasteiger charge is -2.25. The lowest BCUT2D eigenvalue weighted by Crippen LogP contribution is -2.21. The highest BCUT2D eigenvalue weighted by molar-refractivity contribution is 5.72. The highest BCUT2D eigenvalue weighted by Crippen LogP contribution is 2.35. The summed E-state index contributed by atoms with van der Waals surface area (Å²) < 4.78 is 0. The van der Waals surface area contributed by atoms with Gasteiger partial charge in [-0.15, -0.1) is 0 Å². The quantitative estimate of drug-likeness (QED) is 0.685. The van der Waals surface area contributed by atoms with Crippen molar-refractivity contribution in [2.24, 2.45) is 11.3 Å². The molecule has 0 saturated carbocycles. The normalized spacial score (nSPS) is 22.4. The van der Waals surface area contributed by atoms with E-state index in [1.54, 1.807) is 6.08 Å². The molecule has 0 aromatic rings. The molecule has 76 valence electrons. The number of hydrogen-bond acceptors (Lipinski definition) is 2. The van der Waals surface area contributed by atoms with E-state index < -0.39 is 17.3 Å². The molecule has 0 spiro atoms. The Hall–Kier alpha value is -1.30. The molecule has 0 aromatic carbocycles. The molecule has 3 heteroatoms. The zero-order valence-electron chi connectivity index (χ0n) is 8.58. The topological polar surface area (TPSA) is 61.1 Å². The Kier molecular flexibility index (Phi) is 2.95. The van der Waals surface area contributed by atoms with Crippen molar-refractivity contribution in [3.8, 4) is 6.07 Å². The first-order chi connectivity index (χ1) is 6.47. The summed E-state index contributed by atoms with van der Waals surface area (Å²) in [6, 6.07) is 2.21. The minimum atomic E-state index is -0.782. The van der Waals surface area contributed by atoms with E-state index in [4.69, 9.17) is 10.4 Å². The van der Waals surface area contributed by atoms with E-state index in [0.29, 0.717) is 6.42 Å². The van der Waals surface area contributed by atoms with Gasteiger partial charge >= 0.3 is 5.97 Å². The molecule has 1 rings (SSSR count). The number of aliphatic carboxylic acids is 1. The Labute approximate surface area is 84.0 Å². The summed E-state index contributed by atoms with van der Waals surface area (Å²) in [7, 11) is 0. The molecule has 0 bridgehead atoms. The van der Waals surface area contributed by atoms with Crippen molar-refractivity contribution in [1.29, 1.82) is 5.26 Å². The molecule has 0 amide bonds. The lowest BCUT2D eigenvalue weighted by atomic mass is 9.77. The Morgan fingerprint density at radius 2 is 2.36 bits per heavy atom. The molecule has 0 aliphatic heterocycles. The first kappa shape index (κ1) is 10.8. The van der Waals surface area contributed by atoms with Crippen molar-refractivity contribution in [2.45, 2.75) is 33.1 Å². The highest BCUT2D eigenvalue weighted by Gasteiger charge is 2.28. The fourth-order valence-corrected chi connectivity index (χ4v) is 1.71. The number of carboxylic acid groups (broad SMARTS) is 1. The van der Waals surface area contributed by atoms with E-state index in [9.17, 15) is 4.79 Å². The minimum Gasteiger partial charge on any atom is -0.481 e. The second kappa shape index (κ2) is 3.83. The number of nitriles is 1. The van der Waals surface area contributed by atoms with Crippen molar-refractivity contribution in [2.75, 3.05) is 0 Å². The van der Waals surface area contributed by atoms with Gasteiger partial charge in [0.15, 0.2) is 0 Å². The SMILES string of the molecule is CC(C)(C#N)C1=CC(C(=O)O)CCC1. The summed E-state index contributed by atoms with van der Waals surface area (Å²) in [5, 5.41) is 17.8. The molecule has 0 radical (unpaired) electrons. The summed E-state index contributed by atoms with van der Waals surface area (Å²) in [4.78, 5) is 10.8. The molecule has 0 heterocycles. The number of hydrogen-bond donors (Lipinski definition) is 1. The van der Waals surface area contributed by atoms with E-state index >= 15 is 0 Å². The Morgan fingerprint density at radius 1 is 1.71 bits per heavy atom. The monoisotopic (exact) mass is 193 g/mol. The zero-order chi connectivity index (χ0) is 10.8. The fraction of sp³-hybridized carbons (Fsp3) is 0.636. The molecule has 14 heavy (non-hydrogen) atoms. The third-order valence-electron chi connectivity index (χ3n) is 2.76. The smallest absolute Gasteiger partial charge is 0.310 e. The summed E-state index contributed by atoms with van der Waals surface area (Å²) in [5.74, 6) is -1.18. The van der Waals surface area contributed by atoms with E-state index in [1.807, 2.05) is 13.8 Å². The highest BCUT2D eigenvalue weighted by atomic mass is 16.4. The van der Waals surface area contributed by atoms with Crippen molar-refractivity contribution < 1.29 is 9.90 Å². The summed E-state index contributed by atoms with van der Waals surface area (Å²) in [6.07, 6.45) is 4.17. The van der Waals surface area contributed by atoms with Crippen LogP contribution in [0.25, 0.3) is 0 Å². The number of carboxylic acids is 1. The van der Waals surface area contributed by atoms with Gasteiger partial charge in [-0.2, -0.15) is 5.26 Å². The molecule has 3 nitrogen and oxygen atoms in total. The van der Waals surface area contributed by atoms with E-state index in [1.165, 1.54) is 0 Å². The predicted molar refractivity (Wildman–Crippen MR) is 52.5 cm³/mol. The molecule has 0 fully saturated rings. The lowest BCUT2D eigenvalue weighted by molar-refractivity contribution is -0.140. The molecular formula is C11H15NO2. The summed E-state index contributed by atoms with van der Waals surface area (Å²) in [6.45, 7) is 3.67. The van der Waals surface area contributed by atoms with Gasteiger partial charge in [-0.1, -0.05) is 11.6 Å². The van der Waals surface area contributed by atoms with Gasteiger partial charge in [0.25, 0.3) is 0 Å². The van der Waals surface area contributed by atoms with E-state index in [-0.39, 0.29) is 0 Å². The number of allylic oxidation sites excluding steroid dienone is 1. The Bertz CT molecular complexity index is 310. The third kappa shape index (κ3) is 2.14. The predicted octanol–water partition coefficient (Wildman–Crippen LogP) is 2.35. The molecule has 1 unspecified atom stereocenters. The summed E-state index contributed by atoms with van der Waals surface area (Å²) in [5.41, 5.74) is 0.451. The van der Waals surface area contributed by atoms with Gasteiger partial charge in [0.05, 0.1) is 17.4 Å². The number of nitrogens with zero attached hydrogens (tertiary/aromatic N) is 1. The van der Waals surface area contributed by atoms with Crippen LogP contribution >= 0.6 is 0 Å². The standard InChI is InChI=1S/C11H15NO2/c1-11(2,7-12)9-5-3-4-8(6-9)10(13)14/h6,8H,3-5H2,1-2H3,(H,13,14). The van der Waals surface area contributed by atoms with Gasteiger partial charge in [0.2, 0.25) is 0 Å². The van der Waals surface area contributed by atoms with Crippen LogP contribution in [0.3, 0.4) is 0 Å². The summed E-state index contributed by atoms with van der Waals surface area (Å²) >= 11 is 0. The third-order valence-corrected chi connectivity index (χ3v) is 2.76. The minimum absolute atomic E-state index is 0.397. The van der Waals surface area contributed by atoms with Crippen LogP contribution in [0.4, 0.5) is 0 Å². The van der Waals surface area contributed by atoms with Gasteiger partial charge < -0.3 is 5.11 Å². The van der Waals surface area contributed by atoms with Crippen LogP contribution in [0.1, 0.15) is 33.1 Å². The van der Waals surface area contributed by atoms with Crippen LogP contribution < -0.4 is 0 Å². The molecule has 1 atom stereocenters. The van der Waals surface area contributed by atoms with Crippen molar-refractivity contribution in [3.05, 3.63) is 11.6 Å². The second-order valence-electron chi connectivity index (χ2n) is 4.27. The van der Waals surface area contributed by atoms with Crippen LogP contribution in [0, 0.1) is 22.7 Å². The second-order valence-corrected chi connectivity index (χ2v) is 4.27.